The Morgan fingerprint density at radius 2 is 1.12 bits per heavy atom. The first-order chi connectivity index (χ1) is 11.6. The molecule has 0 aliphatic rings. The number of esters is 2. The van der Waals surface area contributed by atoms with Gasteiger partial charge in [-0.25, -0.2) is 29.5 Å². The lowest BCUT2D eigenvalue weighted by Gasteiger charge is -2.03. The van der Waals surface area contributed by atoms with E-state index in [-0.39, 0.29) is 0 Å². The van der Waals surface area contributed by atoms with Gasteiger partial charge in [0, 0.05) is 24.8 Å². The molecular weight excluding hydrogens is 352 g/mol. The molecule has 0 radical (unpaired) electrons. The van der Waals surface area contributed by atoms with Gasteiger partial charge < -0.3 is 9.47 Å². The van der Waals surface area contributed by atoms with E-state index < -0.39 is 11.9 Å². The van der Waals surface area contributed by atoms with Crippen LogP contribution in [-0.4, -0.2) is 45.1 Å². The zero-order valence-corrected chi connectivity index (χ0v) is 14.6. The highest BCUT2D eigenvalue weighted by atomic mass is 33.1. The van der Waals surface area contributed by atoms with Crippen LogP contribution in [0.3, 0.4) is 0 Å². The molecule has 0 aliphatic carbocycles. The standard InChI is InChI=1S/C14H14N4O4S2/c1-3-21-11(19)9-5-15-13(16-6-9)23-24-14-17-7-10(8-18-14)12(20)22-4-2/h5-8H,3-4H2,1-2H3. The zero-order valence-electron chi connectivity index (χ0n) is 13.0. The molecule has 0 fully saturated rings. The van der Waals surface area contributed by atoms with Crippen LogP contribution < -0.4 is 0 Å². The molecule has 0 saturated carbocycles. The fraction of sp³-hybridized carbons (Fsp3) is 0.286. The maximum atomic E-state index is 11.5. The topological polar surface area (TPSA) is 104 Å². The highest BCUT2D eigenvalue weighted by molar-refractivity contribution is 8.76. The molecule has 10 heteroatoms. The molecule has 0 atom stereocenters. The van der Waals surface area contributed by atoms with E-state index in [0.717, 1.165) is 0 Å². The third-order valence-corrected chi connectivity index (χ3v) is 4.42. The van der Waals surface area contributed by atoms with Crippen LogP contribution in [-0.2, 0) is 9.47 Å². The smallest absolute Gasteiger partial charge is 0.341 e. The summed E-state index contributed by atoms with van der Waals surface area (Å²) < 4.78 is 9.71. The first-order valence-corrected chi connectivity index (χ1v) is 9.11. The van der Waals surface area contributed by atoms with Crippen molar-refractivity contribution in [2.75, 3.05) is 13.2 Å². The fourth-order valence-electron chi connectivity index (χ4n) is 1.43. The molecule has 0 unspecified atom stereocenters. The van der Waals surface area contributed by atoms with Crippen LogP contribution in [0.2, 0.25) is 0 Å². The Bertz CT molecular complexity index is 633. The minimum Gasteiger partial charge on any atom is -0.462 e. The summed E-state index contributed by atoms with van der Waals surface area (Å²) in [6.45, 7) is 4.05. The minimum absolute atomic E-state index is 0.293. The molecule has 0 aliphatic heterocycles. The first kappa shape index (κ1) is 18.1. The molecule has 0 bridgehead atoms. The van der Waals surface area contributed by atoms with E-state index >= 15 is 0 Å². The van der Waals surface area contributed by atoms with Crippen molar-refractivity contribution >= 4 is 33.5 Å². The molecule has 0 saturated heterocycles. The molecule has 2 aromatic rings. The van der Waals surface area contributed by atoms with Gasteiger partial charge in [0.15, 0.2) is 10.3 Å². The van der Waals surface area contributed by atoms with Gasteiger partial charge in [-0.3, -0.25) is 0 Å². The molecule has 2 aromatic heterocycles. The van der Waals surface area contributed by atoms with Crippen molar-refractivity contribution in [2.45, 2.75) is 24.2 Å². The number of rotatable bonds is 7. The van der Waals surface area contributed by atoms with Gasteiger partial charge in [-0.1, -0.05) is 0 Å². The Kier molecular flexibility index (Phi) is 6.94. The van der Waals surface area contributed by atoms with Crippen LogP contribution in [0.15, 0.2) is 35.1 Å². The molecule has 126 valence electrons. The van der Waals surface area contributed by atoms with Crippen LogP contribution in [0, 0.1) is 0 Å². The number of carbonyl (C=O) groups excluding carboxylic acids is 2. The third-order valence-electron chi connectivity index (χ3n) is 2.47. The van der Waals surface area contributed by atoms with Gasteiger partial charge in [0.25, 0.3) is 0 Å². The van der Waals surface area contributed by atoms with Crippen LogP contribution in [0.1, 0.15) is 34.6 Å². The second kappa shape index (κ2) is 9.18. The predicted octanol–water partition coefficient (Wildman–Crippen LogP) is 2.42. The lowest BCUT2D eigenvalue weighted by atomic mass is 10.3. The van der Waals surface area contributed by atoms with E-state index in [2.05, 4.69) is 19.9 Å². The highest BCUT2D eigenvalue weighted by Crippen LogP contribution is 2.32. The summed E-state index contributed by atoms with van der Waals surface area (Å²) in [7, 11) is 2.47. The quantitative estimate of drug-likeness (QED) is 0.412. The normalized spacial score (nSPS) is 10.2. The fourth-order valence-corrected chi connectivity index (χ4v) is 2.93. The van der Waals surface area contributed by atoms with Crippen molar-refractivity contribution < 1.29 is 19.1 Å². The summed E-state index contributed by atoms with van der Waals surface area (Å²) in [6.07, 6.45) is 5.61. The van der Waals surface area contributed by atoms with Gasteiger partial charge in [-0.15, -0.1) is 0 Å². The Hall–Kier alpha value is -2.20. The molecule has 0 spiro atoms. The van der Waals surface area contributed by atoms with Gasteiger partial charge in [0.1, 0.15) is 0 Å². The maximum absolute atomic E-state index is 11.5. The Balaban J connectivity index is 1.91. The molecular formula is C14H14N4O4S2. The zero-order chi connectivity index (χ0) is 17.4. The van der Waals surface area contributed by atoms with Gasteiger partial charge in [-0.2, -0.15) is 0 Å². The molecule has 2 heterocycles. The van der Waals surface area contributed by atoms with E-state index in [1.165, 1.54) is 46.4 Å². The second-order valence-corrected chi connectivity index (χ2v) is 6.18. The van der Waals surface area contributed by atoms with Crippen molar-refractivity contribution in [3.05, 3.63) is 35.9 Å². The Morgan fingerprint density at radius 1 is 0.792 bits per heavy atom. The van der Waals surface area contributed by atoms with Crippen molar-refractivity contribution in [2.24, 2.45) is 0 Å². The van der Waals surface area contributed by atoms with E-state index in [9.17, 15) is 9.59 Å². The monoisotopic (exact) mass is 366 g/mol. The van der Waals surface area contributed by atoms with E-state index in [0.29, 0.717) is 34.7 Å². The average molecular weight is 366 g/mol. The second-order valence-electron chi connectivity index (χ2n) is 4.12. The van der Waals surface area contributed by atoms with Crippen LogP contribution in [0.4, 0.5) is 0 Å². The number of hydrogen-bond acceptors (Lipinski definition) is 10. The SMILES string of the molecule is CCOC(=O)c1cnc(SSc2ncc(C(=O)OCC)cn2)nc1. The van der Waals surface area contributed by atoms with Gasteiger partial charge in [0.2, 0.25) is 0 Å². The summed E-state index contributed by atoms with van der Waals surface area (Å²) in [4.78, 5) is 39.3. The largest absolute Gasteiger partial charge is 0.462 e. The molecule has 2 rings (SSSR count). The van der Waals surface area contributed by atoms with Crippen LogP contribution in [0.25, 0.3) is 0 Å². The maximum Gasteiger partial charge on any atom is 0.341 e. The van der Waals surface area contributed by atoms with Gasteiger partial charge in [-0.05, 0) is 35.4 Å². The predicted molar refractivity (Wildman–Crippen MR) is 87.7 cm³/mol. The van der Waals surface area contributed by atoms with Crippen molar-refractivity contribution in [3.63, 3.8) is 0 Å². The summed E-state index contributed by atoms with van der Waals surface area (Å²) >= 11 is 0. The van der Waals surface area contributed by atoms with Gasteiger partial charge in [0.05, 0.1) is 24.3 Å². The van der Waals surface area contributed by atoms with Crippen molar-refractivity contribution in [1.29, 1.82) is 0 Å². The molecule has 0 aromatic carbocycles. The number of ether oxygens (including phenoxy) is 2. The number of aromatic nitrogens is 4. The van der Waals surface area contributed by atoms with Crippen molar-refractivity contribution in [3.8, 4) is 0 Å². The van der Waals surface area contributed by atoms with Gasteiger partial charge >= 0.3 is 11.9 Å². The number of nitrogens with zero attached hydrogens (tertiary/aromatic N) is 4. The minimum atomic E-state index is -0.459. The van der Waals surface area contributed by atoms with Crippen LogP contribution >= 0.6 is 21.6 Å². The van der Waals surface area contributed by atoms with E-state index in [4.69, 9.17) is 9.47 Å². The van der Waals surface area contributed by atoms with E-state index in [1.807, 2.05) is 0 Å². The number of carbonyl (C=O) groups is 2. The molecule has 0 amide bonds. The first-order valence-electron chi connectivity index (χ1n) is 6.96. The lowest BCUT2D eigenvalue weighted by Crippen LogP contribution is -2.06. The Labute approximate surface area is 146 Å². The summed E-state index contributed by atoms with van der Waals surface area (Å²) in [5, 5.41) is 0.900. The highest BCUT2D eigenvalue weighted by Gasteiger charge is 2.10. The van der Waals surface area contributed by atoms with Crippen LogP contribution in [0.5, 0.6) is 0 Å². The Morgan fingerprint density at radius 3 is 1.42 bits per heavy atom. The summed E-state index contributed by atoms with van der Waals surface area (Å²) in [5.41, 5.74) is 0.586. The summed E-state index contributed by atoms with van der Waals surface area (Å²) in [5.74, 6) is -0.917. The molecule has 0 N–H and O–H groups in total. The molecule has 24 heavy (non-hydrogen) atoms. The third kappa shape index (κ3) is 5.17. The molecule has 8 nitrogen and oxygen atoms in total. The average Bonchev–Trinajstić information content (AvgIpc) is 2.61. The summed E-state index contributed by atoms with van der Waals surface area (Å²) in [6, 6.07) is 0. The van der Waals surface area contributed by atoms with E-state index in [1.54, 1.807) is 13.8 Å². The lowest BCUT2D eigenvalue weighted by molar-refractivity contribution is 0.0515. The number of hydrogen-bond donors (Lipinski definition) is 0. The van der Waals surface area contributed by atoms with Crippen molar-refractivity contribution in [1.82, 2.24) is 19.9 Å².